The molecule has 0 saturated heterocycles. The maximum Gasteiger partial charge on any atom is 0.323 e. The molecule has 1 aliphatic heterocycles. The van der Waals surface area contributed by atoms with E-state index in [9.17, 15) is 27.2 Å². The van der Waals surface area contributed by atoms with Gasteiger partial charge in [0.1, 0.15) is 4.83 Å². The Balaban J connectivity index is 2.43. The monoisotopic (exact) mass is 367 g/mol. The standard InChI is InChI=1S/C13H10BrF4NO2/c1-19-9(20)5-6-2-3-7(4-8(6)11(19)21)10(14)13(17,18)12(15)16/h2-4,10,12H,5H2,1H3. The van der Waals surface area contributed by atoms with E-state index in [1.807, 2.05) is 0 Å². The summed E-state index contributed by atoms with van der Waals surface area (Å²) in [5.74, 6) is -5.31. The second-order valence-electron chi connectivity index (χ2n) is 4.69. The molecule has 1 unspecified atom stereocenters. The van der Waals surface area contributed by atoms with Crippen LogP contribution in [0, 0.1) is 0 Å². The Morgan fingerprint density at radius 1 is 1.29 bits per heavy atom. The zero-order valence-electron chi connectivity index (χ0n) is 10.7. The van der Waals surface area contributed by atoms with Crippen LogP contribution in [0.25, 0.3) is 0 Å². The van der Waals surface area contributed by atoms with Crippen LogP contribution in [-0.4, -0.2) is 36.1 Å². The molecule has 114 valence electrons. The fraction of sp³-hybridized carbons (Fsp3) is 0.385. The summed E-state index contributed by atoms with van der Waals surface area (Å²) in [4.78, 5) is 22.4. The van der Waals surface area contributed by atoms with E-state index >= 15 is 0 Å². The van der Waals surface area contributed by atoms with Crippen LogP contribution in [0.3, 0.4) is 0 Å². The number of carbonyl (C=O) groups excluding carboxylic acids is 2. The Morgan fingerprint density at radius 2 is 1.90 bits per heavy atom. The second-order valence-corrected chi connectivity index (χ2v) is 5.60. The Morgan fingerprint density at radius 3 is 2.48 bits per heavy atom. The maximum absolute atomic E-state index is 13.3. The van der Waals surface area contributed by atoms with Gasteiger partial charge in [0.15, 0.2) is 0 Å². The molecule has 1 aromatic carbocycles. The number of rotatable bonds is 3. The van der Waals surface area contributed by atoms with E-state index in [2.05, 4.69) is 15.9 Å². The van der Waals surface area contributed by atoms with Crippen LogP contribution < -0.4 is 0 Å². The molecule has 1 heterocycles. The molecule has 0 N–H and O–H groups in total. The van der Waals surface area contributed by atoms with Crippen molar-refractivity contribution in [1.82, 2.24) is 4.90 Å². The molecule has 0 bridgehead atoms. The van der Waals surface area contributed by atoms with Gasteiger partial charge in [-0.2, -0.15) is 8.78 Å². The average Bonchev–Trinajstić information content (AvgIpc) is 2.43. The SMILES string of the molecule is CN1C(=O)Cc2ccc(C(Br)C(F)(F)C(F)F)cc2C1=O. The third-order valence-electron chi connectivity index (χ3n) is 3.31. The molecule has 1 atom stereocenters. The number of hydrogen-bond donors (Lipinski definition) is 0. The molecule has 2 rings (SSSR count). The predicted octanol–water partition coefficient (Wildman–Crippen LogP) is 3.18. The molecule has 8 heteroatoms. The molecule has 0 aromatic heterocycles. The first-order chi connectivity index (χ1) is 9.66. The summed E-state index contributed by atoms with van der Waals surface area (Å²) in [5.41, 5.74) is 0.325. The minimum atomic E-state index is -4.27. The highest BCUT2D eigenvalue weighted by Gasteiger charge is 2.48. The molecular formula is C13H10BrF4NO2. The number of alkyl halides is 5. The van der Waals surface area contributed by atoms with Crippen molar-refractivity contribution in [3.05, 3.63) is 34.9 Å². The Labute approximate surface area is 126 Å². The smallest absolute Gasteiger partial charge is 0.281 e. The van der Waals surface area contributed by atoms with Gasteiger partial charge < -0.3 is 0 Å². The van der Waals surface area contributed by atoms with Crippen molar-refractivity contribution in [2.24, 2.45) is 0 Å². The molecule has 0 spiro atoms. The highest BCUT2D eigenvalue weighted by molar-refractivity contribution is 9.09. The summed E-state index contributed by atoms with van der Waals surface area (Å²) in [7, 11) is 1.28. The van der Waals surface area contributed by atoms with Gasteiger partial charge in [-0.15, -0.1) is 0 Å². The summed E-state index contributed by atoms with van der Waals surface area (Å²) in [5, 5.41) is 0. The number of amides is 2. The number of carbonyl (C=O) groups is 2. The van der Waals surface area contributed by atoms with Gasteiger partial charge >= 0.3 is 12.3 Å². The molecule has 2 amide bonds. The van der Waals surface area contributed by atoms with E-state index in [0.29, 0.717) is 5.56 Å². The van der Waals surface area contributed by atoms with Crippen molar-refractivity contribution >= 4 is 27.7 Å². The average molecular weight is 368 g/mol. The Kier molecular flexibility index (Phi) is 4.10. The number of benzene rings is 1. The first-order valence-electron chi connectivity index (χ1n) is 5.90. The van der Waals surface area contributed by atoms with Crippen LogP contribution in [-0.2, 0) is 11.2 Å². The molecule has 3 nitrogen and oxygen atoms in total. The topological polar surface area (TPSA) is 37.4 Å². The highest BCUT2D eigenvalue weighted by Crippen LogP contribution is 2.43. The minimum Gasteiger partial charge on any atom is -0.281 e. The summed E-state index contributed by atoms with van der Waals surface area (Å²) in [6.07, 6.45) is -3.87. The van der Waals surface area contributed by atoms with E-state index in [4.69, 9.17) is 0 Å². The Bertz CT molecular complexity index is 606. The second kappa shape index (κ2) is 5.40. The number of halogens is 5. The van der Waals surface area contributed by atoms with Crippen LogP contribution in [0.15, 0.2) is 18.2 Å². The lowest BCUT2D eigenvalue weighted by Gasteiger charge is -2.26. The van der Waals surface area contributed by atoms with Crippen LogP contribution >= 0.6 is 15.9 Å². The van der Waals surface area contributed by atoms with E-state index in [1.165, 1.54) is 19.2 Å². The molecule has 21 heavy (non-hydrogen) atoms. The van der Waals surface area contributed by atoms with Crippen LogP contribution in [0.4, 0.5) is 17.6 Å². The zero-order chi connectivity index (χ0) is 15.9. The number of nitrogens with zero attached hydrogens (tertiary/aromatic N) is 1. The van der Waals surface area contributed by atoms with Gasteiger partial charge in [0.25, 0.3) is 5.91 Å². The lowest BCUT2D eigenvalue weighted by atomic mass is 9.94. The first kappa shape index (κ1) is 15.9. The number of hydrogen-bond acceptors (Lipinski definition) is 2. The minimum absolute atomic E-state index is 0.0317. The normalized spacial score (nSPS) is 17.2. The zero-order valence-corrected chi connectivity index (χ0v) is 12.3. The highest BCUT2D eigenvalue weighted by atomic mass is 79.9. The first-order valence-corrected chi connectivity index (χ1v) is 6.81. The van der Waals surface area contributed by atoms with Crippen molar-refractivity contribution < 1.29 is 27.2 Å². The van der Waals surface area contributed by atoms with Crippen LogP contribution in [0.2, 0.25) is 0 Å². The quantitative estimate of drug-likeness (QED) is 0.467. The molecule has 0 fully saturated rings. The third-order valence-corrected chi connectivity index (χ3v) is 4.45. The summed E-state index contributed by atoms with van der Waals surface area (Å²) in [6, 6.07) is 3.67. The van der Waals surface area contributed by atoms with Crippen LogP contribution in [0.1, 0.15) is 26.3 Å². The molecule has 0 aliphatic carbocycles. The van der Waals surface area contributed by atoms with Gasteiger partial charge in [-0.1, -0.05) is 28.1 Å². The summed E-state index contributed by atoms with van der Waals surface area (Å²) in [6.45, 7) is 0. The predicted molar refractivity (Wildman–Crippen MR) is 69.9 cm³/mol. The van der Waals surface area contributed by atoms with Crippen molar-refractivity contribution in [2.45, 2.75) is 23.6 Å². The molecule has 0 radical (unpaired) electrons. The van der Waals surface area contributed by atoms with Gasteiger partial charge in [-0.3, -0.25) is 14.5 Å². The molecule has 1 aliphatic rings. The molecular weight excluding hydrogens is 358 g/mol. The largest absolute Gasteiger partial charge is 0.323 e. The summed E-state index contributed by atoms with van der Waals surface area (Å²) >= 11 is 2.56. The van der Waals surface area contributed by atoms with Gasteiger partial charge in [-0.25, -0.2) is 8.78 Å². The van der Waals surface area contributed by atoms with Crippen molar-refractivity contribution in [3.63, 3.8) is 0 Å². The van der Waals surface area contributed by atoms with Gasteiger partial charge in [0.2, 0.25) is 5.91 Å². The van der Waals surface area contributed by atoms with Crippen molar-refractivity contribution in [1.29, 1.82) is 0 Å². The fourth-order valence-corrected chi connectivity index (χ4v) is 2.50. The summed E-state index contributed by atoms with van der Waals surface area (Å²) < 4.78 is 51.5. The lowest BCUT2D eigenvalue weighted by molar-refractivity contribution is -0.128. The lowest BCUT2D eigenvalue weighted by Crippen LogP contribution is -2.39. The third kappa shape index (κ3) is 2.68. The van der Waals surface area contributed by atoms with E-state index < -0.39 is 29.0 Å². The van der Waals surface area contributed by atoms with E-state index in [0.717, 1.165) is 11.0 Å². The number of fused-ring (bicyclic) bond motifs is 1. The number of likely N-dealkylation sites (N-methyl/N-ethyl adjacent to an activating group) is 1. The fourth-order valence-electron chi connectivity index (χ4n) is 2.01. The van der Waals surface area contributed by atoms with Gasteiger partial charge in [-0.05, 0) is 17.2 Å². The van der Waals surface area contributed by atoms with Gasteiger partial charge in [0, 0.05) is 12.6 Å². The molecule has 0 saturated carbocycles. The van der Waals surface area contributed by atoms with Crippen LogP contribution in [0.5, 0.6) is 0 Å². The van der Waals surface area contributed by atoms with E-state index in [1.54, 1.807) is 0 Å². The van der Waals surface area contributed by atoms with Crippen molar-refractivity contribution in [2.75, 3.05) is 7.05 Å². The van der Waals surface area contributed by atoms with E-state index in [-0.39, 0.29) is 17.5 Å². The Hall–Kier alpha value is -1.44. The van der Waals surface area contributed by atoms with Gasteiger partial charge in [0.05, 0.1) is 6.42 Å². The van der Waals surface area contributed by atoms with Crippen molar-refractivity contribution in [3.8, 4) is 0 Å². The maximum atomic E-state index is 13.3. The number of imide groups is 1. The molecule has 1 aromatic rings.